The van der Waals surface area contributed by atoms with Gasteiger partial charge in [-0.3, -0.25) is 4.79 Å². The van der Waals surface area contributed by atoms with Crippen LogP contribution in [0.2, 0.25) is 0 Å². The van der Waals surface area contributed by atoms with Crippen molar-refractivity contribution in [2.75, 3.05) is 19.6 Å². The van der Waals surface area contributed by atoms with Gasteiger partial charge in [-0.05, 0) is 25.2 Å². The summed E-state index contributed by atoms with van der Waals surface area (Å²) in [6, 6.07) is 0. The first kappa shape index (κ1) is 13.9. The Labute approximate surface area is 111 Å². The molecule has 1 amide bonds. The average molecular weight is 252 g/mol. The molecule has 1 atom stereocenters. The van der Waals surface area contributed by atoms with Crippen molar-refractivity contribution in [3.05, 3.63) is 0 Å². The summed E-state index contributed by atoms with van der Waals surface area (Å²) >= 11 is 0. The van der Waals surface area contributed by atoms with E-state index in [1.54, 1.807) is 0 Å². The third-order valence-corrected chi connectivity index (χ3v) is 4.64. The summed E-state index contributed by atoms with van der Waals surface area (Å²) in [4.78, 5) is 14.4. The Morgan fingerprint density at radius 1 is 1.06 bits per heavy atom. The lowest BCUT2D eigenvalue weighted by molar-refractivity contribution is -0.134. The van der Waals surface area contributed by atoms with E-state index in [2.05, 4.69) is 0 Å². The summed E-state index contributed by atoms with van der Waals surface area (Å²) in [5.41, 5.74) is 5.85. The number of hydrogen-bond acceptors (Lipinski definition) is 2. The Morgan fingerprint density at radius 3 is 2.22 bits per heavy atom. The Morgan fingerprint density at radius 2 is 1.67 bits per heavy atom. The molecule has 1 heterocycles. The topological polar surface area (TPSA) is 46.3 Å². The van der Waals surface area contributed by atoms with Gasteiger partial charge in [0.15, 0.2) is 0 Å². The molecule has 1 saturated heterocycles. The largest absolute Gasteiger partial charge is 0.342 e. The number of hydrogen-bond donors (Lipinski definition) is 1. The fraction of sp³-hybridized carbons (Fsp3) is 0.933. The highest BCUT2D eigenvalue weighted by Crippen LogP contribution is 2.29. The van der Waals surface area contributed by atoms with Crippen LogP contribution in [0.1, 0.15) is 57.8 Å². The zero-order chi connectivity index (χ0) is 12.8. The number of rotatable bonds is 4. The third-order valence-electron chi connectivity index (χ3n) is 4.64. The van der Waals surface area contributed by atoms with Crippen LogP contribution in [0.15, 0.2) is 0 Å². The monoisotopic (exact) mass is 252 g/mol. The SMILES string of the molecule is NCC(CC1CCCCCC1)C(=O)N1CCCC1. The molecule has 2 aliphatic rings. The van der Waals surface area contributed by atoms with Crippen LogP contribution in [0.3, 0.4) is 0 Å². The third kappa shape index (κ3) is 3.71. The van der Waals surface area contributed by atoms with Crippen molar-refractivity contribution >= 4 is 5.91 Å². The molecule has 104 valence electrons. The van der Waals surface area contributed by atoms with E-state index in [0.29, 0.717) is 12.5 Å². The van der Waals surface area contributed by atoms with Crippen LogP contribution in [0.25, 0.3) is 0 Å². The predicted molar refractivity (Wildman–Crippen MR) is 74.2 cm³/mol. The zero-order valence-corrected chi connectivity index (χ0v) is 11.6. The van der Waals surface area contributed by atoms with Gasteiger partial charge in [0, 0.05) is 19.6 Å². The summed E-state index contributed by atoms with van der Waals surface area (Å²) in [7, 11) is 0. The maximum Gasteiger partial charge on any atom is 0.226 e. The number of likely N-dealkylation sites (tertiary alicyclic amines) is 1. The van der Waals surface area contributed by atoms with Gasteiger partial charge in [0.25, 0.3) is 0 Å². The van der Waals surface area contributed by atoms with Gasteiger partial charge in [-0.1, -0.05) is 38.5 Å². The smallest absolute Gasteiger partial charge is 0.226 e. The zero-order valence-electron chi connectivity index (χ0n) is 11.6. The van der Waals surface area contributed by atoms with Crippen molar-refractivity contribution < 1.29 is 4.79 Å². The fourth-order valence-electron chi connectivity index (χ4n) is 3.50. The van der Waals surface area contributed by atoms with Crippen LogP contribution < -0.4 is 5.73 Å². The lowest BCUT2D eigenvalue weighted by Gasteiger charge is -2.25. The molecule has 2 fully saturated rings. The molecule has 1 unspecified atom stereocenters. The molecule has 0 radical (unpaired) electrons. The molecule has 0 aromatic heterocycles. The molecule has 0 aromatic rings. The first-order valence-electron chi connectivity index (χ1n) is 7.80. The molecule has 1 aliphatic carbocycles. The molecule has 1 aliphatic heterocycles. The minimum absolute atomic E-state index is 0.0891. The standard InChI is InChI=1S/C15H28N2O/c16-12-14(15(18)17-9-5-6-10-17)11-13-7-3-1-2-4-8-13/h13-14H,1-12,16H2. The second kappa shape index (κ2) is 7.13. The van der Waals surface area contributed by atoms with Gasteiger partial charge in [0.2, 0.25) is 5.91 Å². The summed E-state index contributed by atoms with van der Waals surface area (Å²) in [5, 5.41) is 0. The molecule has 0 aromatic carbocycles. The number of carbonyl (C=O) groups excluding carboxylic acids is 1. The van der Waals surface area contributed by atoms with Crippen molar-refractivity contribution in [3.8, 4) is 0 Å². The lowest BCUT2D eigenvalue weighted by Crippen LogP contribution is -2.38. The predicted octanol–water partition coefficient (Wildman–Crippen LogP) is 2.54. The van der Waals surface area contributed by atoms with E-state index in [9.17, 15) is 4.79 Å². The highest BCUT2D eigenvalue weighted by Gasteiger charge is 2.27. The van der Waals surface area contributed by atoms with Crippen LogP contribution in [-0.4, -0.2) is 30.4 Å². The van der Waals surface area contributed by atoms with Gasteiger partial charge in [-0.2, -0.15) is 0 Å². The second-order valence-electron chi connectivity index (χ2n) is 6.06. The maximum atomic E-state index is 12.4. The Kier molecular flexibility index (Phi) is 5.48. The van der Waals surface area contributed by atoms with Crippen molar-refractivity contribution in [2.24, 2.45) is 17.6 Å². The summed E-state index contributed by atoms with van der Waals surface area (Å²) in [5.74, 6) is 1.16. The molecule has 0 bridgehead atoms. The van der Waals surface area contributed by atoms with E-state index in [-0.39, 0.29) is 5.92 Å². The van der Waals surface area contributed by atoms with Crippen LogP contribution in [0.4, 0.5) is 0 Å². The Balaban J connectivity index is 1.84. The first-order valence-corrected chi connectivity index (χ1v) is 7.80. The van der Waals surface area contributed by atoms with E-state index < -0.39 is 0 Å². The summed E-state index contributed by atoms with van der Waals surface area (Å²) in [6.45, 7) is 2.45. The highest BCUT2D eigenvalue weighted by atomic mass is 16.2. The number of nitrogens with two attached hydrogens (primary N) is 1. The molecule has 2 rings (SSSR count). The van der Waals surface area contributed by atoms with Gasteiger partial charge >= 0.3 is 0 Å². The van der Waals surface area contributed by atoms with E-state index in [1.165, 1.54) is 51.4 Å². The lowest BCUT2D eigenvalue weighted by atomic mass is 9.88. The van der Waals surface area contributed by atoms with Crippen LogP contribution >= 0.6 is 0 Å². The Bertz CT molecular complexity index is 253. The first-order chi connectivity index (χ1) is 8.81. The average Bonchev–Trinajstić information content (AvgIpc) is 2.80. The normalized spacial score (nSPS) is 23.9. The number of carbonyl (C=O) groups is 1. The van der Waals surface area contributed by atoms with Gasteiger partial charge in [-0.25, -0.2) is 0 Å². The fourth-order valence-corrected chi connectivity index (χ4v) is 3.50. The quantitative estimate of drug-likeness (QED) is 0.782. The van der Waals surface area contributed by atoms with Crippen molar-refractivity contribution in [1.29, 1.82) is 0 Å². The Hall–Kier alpha value is -0.570. The second-order valence-corrected chi connectivity index (χ2v) is 6.06. The minimum Gasteiger partial charge on any atom is -0.342 e. The number of nitrogens with zero attached hydrogens (tertiary/aromatic N) is 1. The van der Waals surface area contributed by atoms with Gasteiger partial charge < -0.3 is 10.6 Å². The van der Waals surface area contributed by atoms with Gasteiger partial charge in [0.05, 0.1) is 5.92 Å². The van der Waals surface area contributed by atoms with Crippen molar-refractivity contribution in [2.45, 2.75) is 57.8 Å². The van der Waals surface area contributed by atoms with E-state index in [4.69, 9.17) is 5.73 Å². The van der Waals surface area contributed by atoms with Crippen LogP contribution in [0.5, 0.6) is 0 Å². The maximum absolute atomic E-state index is 12.4. The summed E-state index contributed by atoms with van der Waals surface area (Å²) in [6.07, 6.45) is 11.5. The van der Waals surface area contributed by atoms with Crippen LogP contribution in [0, 0.1) is 11.8 Å². The highest BCUT2D eigenvalue weighted by molar-refractivity contribution is 5.79. The van der Waals surface area contributed by atoms with Crippen molar-refractivity contribution in [3.63, 3.8) is 0 Å². The molecule has 0 spiro atoms. The van der Waals surface area contributed by atoms with E-state index in [1.807, 2.05) is 4.90 Å². The van der Waals surface area contributed by atoms with Gasteiger partial charge in [-0.15, -0.1) is 0 Å². The molecule has 3 nitrogen and oxygen atoms in total. The molecular formula is C15H28N2O. The molecular weight excluding hydrogens is 224 g/mol. The molecule has 2 N–H and O–H groups in total. The van der Waals surface area contributed by atoms with E-state index in [0.717, 1.165) is 25.4 Å². The minimum atomic E-state index is 0.0891. The molecule has 18 heavy (non-hydrogen) atoms. The number of amides is 1. The molecule has 1 saturated carbocycles. The molecule has 3 heteroatoms. The van der Waals surface area contributed by atoms with Crippen LogP contribution in [-0.2, 0) is 4.79 Å². The van der Waals surface area contributed by atoms with Gasteiger partial charge in [0.1, 0.15) is 0 Å². The summed E-state index contributed by atoms with van der Waals surface area (Å²) < 4.78 is 0. The van der Waals surface area contributed by atoms with E-state index >= 15 is 0 Å². The van der Waals surface area contributed by atoms with Crippen molar-refractivity contribution in [1.82, 2.24) is 4.90 Å².